The van der Waals surface area contributed by atoms with Crippen LogP contribution in [0.2, 0.25) is 0 Å². The molecule has 0 bridgehead atoms. The highest BCUT2D eigenvalue weighted by Gasteiger charge is 2.21. The molecule has 0 aliphatic carbocycles. The molecule has 128 valence electrons. The molecule has 0 spiro atoms. The fraction of sp³-hybridized carbons (Fsp3) is 0.562. The van der Waals surface area contributed by atoms with E-state index in [-0.39, 0.29) is 17.9 Å². The van der Waals surface area contributed by atoms with Gasteiger partial charge in [0, 0.05) is 32.2 Å². The van der Waals surface area contributed by atoms with E-state index in [0.717, 1.165) is 38.2 Å². The summed E-state index contributed by atoms with van der Waals surface area (Å²) in [6.45, 7) is 7.21. The van der Waals surface area contributed by atoms with Crippen molar-refractivity contribution in [2.24, 2.45) is 0 Å². The number of carbonyl (C=O) groups is 1. The molecule has 1 aromatic rings. The summed E-state index contributed by atoms with van der Waals surface area (Å²) in [4.78, 5) is 14.0. The highest BCUT2D eigenvalue weighted by atomic mass is 19.1. The zero-order chi connectivity index (χ0) is 16.8. The van der Waals surface area contributed by atoms with Crippen LogP contribution in [0, 0.1) is 11.6 Å². The van der Waals surface area contributed by atoms with Gasteiger partial charge in [-0.3, -0.25) is 4.90 Å². The predicted molar refractivity (Wildman–Crippen MR) is 84.4 cm³/mol. The number of nitrogens with zero attached hydrogens (tertiary/aromatic N) is 1. The number of ether oxygens (including phenoxy) is 1. The Morgan fingerprint density at radius 2 is 2.00 bits per heavy atom. The molecule has 2 atom stereocenters. The lowest BCUT2D eigenvalue weighted by atomic mass is 10.2. The standard InChI is InChI=1S/C16H23F2N3O2/c1-11-9-21(10-12(2)23-11)7-3-6-19-16(22)20-15-5-4-13(17)8-14(15)18/h4-5,8,11-12H,3,6-7,9-10H2,1-2H3,(H2,19,20,22). The number of anilines is 1. The summed E-state index contributed by atoms with van der Waals surface area (Å²) in [7, 11) is 0. The molecule has 0 saturated carbocycles. The van der Waals surface area contributed by atoms with Gasteiger partial charge in [0.05, 0.1) is 17.9 Å². The van der Waals surface area contributed by atoms with Crippen LogP contribution in [0.25, 0.3) is 0 Å². The van der Waals surface area contributed by atoms with Crippen molar-refractivity contribution in [1.82, 2.24) is 10.2 Å². The first-order valence-electron chi connectivity index (χ1n) is 7.81. The van der Waals surface area contributed by atoms with E-state index < -0.39 is 17.7 Å². The van der Waals surface area contributed by atoms with E-state index in [2.05, 4.69) is 15.5 Å². The average molecular weight is 327 g/mol. The minimum absolute atomic E-state index is 0.0419. The van der Waals surface area contributed by atoms with Crippen molar-refractivity contribution in [2.45, 2.75) is 32.5 Å². The van der Waals surface area contributed by atoms with Gasteiger partial charge in [-0.2, -0.15) is 0 Å². The lowest BCUT2D eigenvalue weighted by molar-refractivity contribution is -0.0679. The Bertz CT molecular complexity index is 532. The fourth-order valence-corrected chi connectivity index (χ4v) is 2.73. The van der Waals surface area contributed by atoms with Crippen molar-refractivity contribution in [2.75, 3.05) is 31.5 Å². The van der Waals surface area contributed by atoms with Crippen LogP contribution in [0.3, 0.4) is 0 Å². The zero-order valence-corrected chi connectivity index (χ0v) is 13.4. The second kappa shape index (κ2) is 8.21. The van der Waals surface area contributed by atoms with Gasteiger partial charge in [-0.1, -0.05) is 0 Å². The van der Waals surface area contributed by atoms with Gasteiger partial charge in [-0.15, -0.1) is 0 Å². The van der Waals surface area contributed by atoms with E-state index in [1.807, 2.05) is 13.8 Å². The highest BCUT2D eigenvalue weighted by Crippen LogP contribution is 2.14. The molecule has 1 aliphatic heterocycles. The molecule has 1 heterocycles. The molecular weight excluding hydrogens is 304 g/mol. The number of halogens is 2. The Hall–Kier alpha value is -1.73. The molecule has 2 rings (SSSR count). The van der Waals surface area contributed by atoms with Crippen molar-refractivity contribution < 1.29 is 18.3 Å². The normalized spacial score (nSPS) is 21.9. The van der Waals surface area contributed by atoms with E-state index in [1.165, 1.54) is 6.07 Å². The fourth-order valence-electron chi connectivity index (χ4n) is 2.73. The molecule has 0 aromatic heterocycles. The van der Waals surface area contributed by atoms with Gasteiger partial charge >= 0.3 is 6.03 Å². The van der Waals surface area contributed by atoms with Gasteiger partial charge < -0.3 is 15.4 Å². The minimum Gasteiger partial charge on any atom is -0.373 e. The number of morpholine rings is 1. The van der Waals surface area contributed by atoms with Crippen LogP contribution in [0.15, 0.2) is 18.2 Å². The molecule has 7 heteroatoms. The highest BCUT2D eigenvalue weighted by molar-refractivity contribution is 5.89. The van der Waals surface area contributed by atoms with Gasteiger partial charge in [0.25, 0.3) is 0 Å². The van der Waals surface area contributed by atoms with Gasteiger partial charge in [-0.05, 0) is 32.4 Å². The second-order valence-electron chi connectivity index (χ2n) is 5.88. The topological polar surface area (TPSA) is 53.6 Å². The number of carbonyl (C=O) groups excluding carboxylic acids is 1. The Kier molecular flexibility index (Phi) is 6.29. The maximum atomic E-state index is 13.4. The van der Waals surface area contributed by atoms with Crippen LogP contribution in [-0.2, 0) is 4.74 Å². The summed E-state index contributed by atoms with van der Waals surface area (Å²) >= 11 is 0. The van der Waals surface area contributed by atoms with Crippen molar-refractivity contribution in [3.05, 3.63) is 29.8 Å². The van der Waals surface area contributed by atoms with Crippen LogP contribution < -0.4 is 10.6 Å². The monoisotopic (exact) mass is 327 g/mol. The number of benzene rings is 1. The Morgan fingerprint density at radius 3 is 2.65 bits per heavy atom. The van der Waals surface area contributed by atoms with Crippen LogP contribution in [0.4, 0.5) is 19.3 Å². The number of nitrogens with one attached hydrogen (secondary N) is 2. The Balaban J connectivity index is 1.67. The van der Waals surface area contributed by atoms with Crippen LogP contribution in [0.5, 0.6) is 0 Å². The van der Waals surface area contributed by atoms with Crippen molar-refractivity contribution >= 4 is 11.7 Å². The SMILES string of the molecule is CC1CN(CCCNC(=O)Nc2ccc(F)cc2F)CC(C)O1. The van der Waals surface area contributed by atoms with Gasteiger partial charge in [-0.25, -0.2) is 13.6 Å². The molecule has 1 aliphatic rings. The number of rotatable bonds is 5. The van der Waals surface area contributed by atoms with Crippen LogP contribution >= 0.6 is 0 Å². The third-order valence-corrected chi connectivity index (χ3v) is 3.61. The number of hydrogen-bond acceptors (Lipinski definition) is 3. The maximum Gasteiger partial charge on any atom is 0.319 e. The molecule has 23 heavy (non-hydrogen) atoms. The smallest absolute Gasteiger partial charge is 0.319 e. The molecule has 1 fully saturated rings. The average Bonchev–Trinajstić information content (AvgIpc) is 2.46. The lowest BCUT2D eigenvalue weighted by Crippen LogP contribution is -2.46. The summed E-state index contributed by atoms with van der Waals surface area (Å²) in [6.07, 6.45) is 1.23. The maximum absolute atomic E-state index is 13.4. The molecule has 1 saturated heterocycles. The van der Waals surface area contributed by atoms with Crippen LogP contribution in [-0.4, -0.2) is 49.3 Å². The molecule has 1 aromatic carbocycles. The summed E-state index contributed by atoms with van der Waals surface area (Å²) in [5.74, 6) is -1.47. The number of amides is 2. The third-order valence-electron chi connectivity index (χ3n) is 3.61. The minimum atomic E-state index is -0.795. The lowest BCUT2D eigenvalue weighted by Gasteiger charge is -2.35. The summed E-state index contributed by atoms with van der Waals surface area (Å²) < 4.78 is 31.9. The van der Waals surface area contributed by atoms with Crippen LogP contribution in [0.1, 0.15) is 20.3 Å². The third kappa shape index (κ3) is 5.76. The van der Waals surface area contributed by atoms with Crippen molar-refractivity contribution in [1.29, 1.82) is 0 Å². The van der Waals surface area contributed by atoms with Crippen molar-refractivity contribution in [3.63, 3.8) is 0 Å². The van der Waals surface area contributed by atoms with E-state index in [0.29, 0.717) is 6.54 Å². The largest absolute Gasteiger partial charge is 0.373 e. The first-order chi connectivity index (χ1) is 10.9. The van der Waals surface area contributed by atoms with Crippen molar-refractivity contribution in [3.8, 4) is 0 Å². The zero-order valence-electron chi connectivity index (χ0n) is 13.4. The molecule has 2 unspecified atom stereocenters. The van der Waals surface area contributed by atoms with Gasteiger partial charge in [0.2, 0.25) is 0 Å². The Labute approximate surface area is 135 Å². The van der Waals surface area contributed by atoms with E-state index in [9.17, 15) is 13.6 Å². The van der Waals surface area contributed by atoms with Gasteiger partial charge in [0.1, 0.15) is 11.6 Å². The quantitative estimate of drug-likeness (QED) is 0.818. The number of urea groups is 1. The second-order valence-corrected chi connectivity index (χ2v) is 5.88. The summed E-state index contributed by atoms with van der Waals surface area (Å²) in [5.41, 5.74) is -0.0419. The molecular formula is C16H23F2N3O2. The Morgan fingerprint density at radius 1 is 1.30 bits per heavy atom. The molecule has 0 radical (unpaired) electrons. The number of hydrogen-bond donors (Lipinski definition) is 2. The van der Waals surface area contributed by atoms with Gasteiger partial charge in [0.15, 0.2) is 0 Å². The molecule has 5 nitrogen and oxygen atoms in total. The molecule has 2 N–H and O–H groups in total. The first kappa shape index (κ1) is 17.6. The summed E-state index contributed by atoms with van der Waals surface area (Å²) in [6, 6.07) is 2.52. The summed E-state index contributed by atoms with van der Waals surface area (Å²) in [5, 5.41) is 5.03. The first-order valence-corrected chi connectivity index (χ1v) is 7.81. The van der Waals surface area contributed by atoms with E-state index in [4.69, 9.17) is 4.74 Å². The van der Waals surface area contributed by atoms with E-state index in [1.54, 1.807) is 0 Å². The molecule has 2 amide bonds. The predicted octanol–water partition coefficient (Wildman–Crippen LogP) is 2.59. The van der Waals surface area contributed by atoms with E-state index >= 15 is 0 Å².